The van der Waals surface area contributed by atoms with Crippen molar-refractivity contribution in [2.24, 2.45) is 17.6 Å². The number of aldehydes is 1. The maximum atomic E-state index is 13.3. The number of rotatable bonds is 7. The van der Waals surface area contributed by atoms with E-state index in [9.17, 15) is 22.9 Å². The molecule has 0 bridgehead atoms. The molecule has 200 valence electrons. The van der Waals surface area contributed by atoms with Crippen LogP contribution in [0.5, 0.6) is 0 Å². The third-order valence-electron chi connectivity index (χ3n) is 7.47. The molecule has 1 atom stereocenters. The van der Waals surface area contributed by atoms with Gasteiger partial charge in [-0.1, -0.05) is 0 Å². The number of allylic oxidation sites excluding steroid dienone is 1. The molecule has 3 N–H and O–H groups in total. The smallest absolute Gasteiger partial charge is 0.434 e. The van der Waals surface area contributed by atoms with Gasteiger partial charge in [-0.05, 0) is 55.6 Å². The van der Waals surface area contributed by atoms with Crippen LogP contribution in [0.4, 0.5) is 18.1 Å². The molecule has 10 nitrogen and oxygen atoms in total. The van der Waals surface area contributed by atoms with Crippen LogP contribution in [-0.4, -0.2) is 61.9 Å². The number of nitrogens with two attached hydrogens (primary N) is 1. The van der Waals surface area contributed by atoms with Gasteiger partial charge >= 0.3 is 57.4 Å². The number of fused-ring (bicyclic) bond motifs is 1. The molecule has 1 saturated heterocycles. The summed E-state index contributed by atoms with van der Waals surface area (Å²) < 4.78 is 40.2. The number of hydrogen-bond acceptors (Lipinski definition) is 6. The number of halogens is 3. The van der Waals surface area contributed by atoms with Gasteiger partial charge in [0, 0.05) is 32.5 Å². The number of alkyl halides is 2. The van der Waals surface area contributed by atoms with Gasteiger partial charge < -0.3 is 31.1 Å². The van der Waals surface area contributed by atoms with Crippen LogP contribution in [0.3, 0.4) is 0 Å². The van der Waals surface area contributed by atoms with E-state index in [4.69, 9.17) is 5.73 Å². The van der Waals surface area contributed by atoms with Crippen LogP contribution in [-0.2, 0) is 17.8 Å². The molecule has 2 aliphatic carbocycles. The summed E-state index contributed by atoms with van der Waals surface area (Å²) in [6.07, 6.45) is 8.00. The maximum absolute atomic E-state index is 13.3. The minimum absolute atomic E-state index is 0. The van der Waals surface area contributed by atoms with E-state index in [2.05, 4.69) is 21.0 Å². The summed E-state index contributed by atoms with van der Waals surface area (Å²) in [6.45, 7) is 1.87. The van der Waals surface area contributed by atoms with Crippen molar-refractivity contribution in [3.8, 4) is 0 Å². The molecule has 0 radical (unpaired) electrons. The Labute approximate surface area is 260 Å². The van der Waals surface area contributed by atoms with Crippen LogP contribution in [0.1, 0.15) is 49.8 Å². The number of carbonyl (C=O) groups excluding carboxylic acids is 2. The maximum Gasteiger partial charge on any atom is 1.00 e. The number of carbonyl (C=O) groups is 2. The first kappa shape index (κ1) is 29.3. The SMILES string of the molecule is NC1=C(C=O)N([N-]F)C1C1CC1.O=C1NCCN1Cc1cnn2cc(CC3CCC(F)(F)CC3)nc2c1.[K+]. The fourth-order valence-corrected chi connectivity index (χ4v) is 5.21. The molecule has 4 heterocycles. The second kappa shape index (κ2) is 12.2. The van der Waals surface area contributed by atoms with Crippen molar-refractivity contribution in [1.29, 1.82) is 0 Å². The van der Waals surface area contributed by atoms with Gasteiger partial charge in [0.15, 0.2) is 11.9 Å². The molecular weight excluding hydrogens is 528 g/mol. The molecule has 14 heteroatoms. The number of imidazole rings is 1. The Morgan fingerprint density at radius 3 is 2.58 bits per heavy atom. The molecule has 2 saturated carbocycles. The Hall–Kier alpha value is -1.71. The van der Waals surface area contributed by atoms with Crippen molar-refractivity contribution in [1.82, 2.24) is 29.8 Å². The van der Waals surface area contributed by atoms with E-state index in [1.54, 1.807) is 15.6 Å². The predicted molar refractivity (Wildman–Crippen MR) is 128 cm³/mol. The minimum Gasteiger partial charge on any atom is -0.434 e. The third-order valence-corrected chi connectivity index (χ3v) is 7.47. The zero-order chi connectivity index (χ0) is 26.2. The minimum atomic E-state index is -2.49. The number of urea groups is 1. The molecule has 2 amide bonds. The van der Waals surface area contributed by atoms with Crippen molar-refractivity contribution in [2.75, 3.05) is 13.1 Å². The Morgan fingerprint density at radius 2 is 1.97 bits per heavy atom. The van der Waals surface area contributed by atoms with Gasteiger partial charge in [-0.2, -0.15) is 5.10 Å². The van der Waals surface area contributed by atoms with Crippen molar-refractivity contribution in [3.63, 3.8) is 0 Å². The molecule has 0 spiro atoms. The van der Waals surface area contributed by atoms with Crippen molar-refractivity contribution < 1.29 is 74.2 Å². The van der Waals surface area contributed by atoms with E-state index in [-0.39, 0.29) is 87.9 Å². The average molecular weight is 559 g/mol. The van der Waals surface area contributed by atoms with E-state index in [0.29, 0.717) is 56.8 Å². The van der Waals surface area contributed by atoms with Crippen molar-refractivity contribution >= 4 is 18.0 Å². The van der Waals surface area contributed by atoms with E-state index >= 15 is 0 Å². The first-order chi connectivity index (χ1) is 17.8. The van der Waals surface area contributed by atoms with E-state index in [0.717, 1.165) is 34.8 Å². The standard InChI is InChI=1S/C17H21F2N5O.C7H9FN3O.K/c18-17(19)3-1-12(2-4-17)7-14-11-24-15(22-14)8-13(9-21-24)10-23-6-5-20-16(23)25;8-10-11-5(3-12)6(9)7(11)4-1-2-4;/h8-9,11-12H,1-7,10H2,(H,20,25);3-4,7H,1-2,9H2;/q;-1;+1. The number of amides is 2. The molecule has 2 aromatic rings. The van der Waals surface area contributed by atoms with Crippen LogP contribution in [0.15, 0.2) is 29.9 Å². The topological polar surface area (TPSA) is 123 Å². The first-order valence-corrected chi connectivity index (χ1v) is 12.6. The Balaban J connectivity index is 0.000000218. The number of nitrogens with one attached hydrogen (secondary N) is 1. The summed E-state index contributed by atoms with van der Waals surface area (Å²) in [7, 11) is 0. The monoisotopic (exact) mass is 558 g/mol. The van der Waals surface area contributed by atoms with Gasteiger partial charge in [0.25, 0.3) is 0 Å². The summed E-state index contributed by atoms with van der Waals surface area (Å²) in [4.78, 5) is 28.3. The Morgan fingerprint density at radius 1 is 1.24 bits per heavy atom. The van der Waals surface area contributed by atoms with E-state index in [1.807, 2.05) is 12.3 Å². The first-order valence-electron chi connectivity index (χ1n) is 12.6. The van der Waals surface area contributed by atoms with Gasteiger partial charge in [-0.25, -0.2) is 23.1 Å². The third kappa shape index (κ3) is 6.53. The zero-order valence-corrected chi connectivity index (χ0v) is 24.4. The van der Waals surface area contributed by atoms with Gasteiger partial charge in [-0.3, -0.25) is 4.79 Å². The predicted octanol–water partition coefficient (Wildman–Crippen LogP) is 0.250. The normalized spacial score (nSPS) is 22.9. The van der Waals surface area contributed by atoms with Crippen molar-refractivity contribution in [2.45, 2.75) is 63.5 Å². The number of nitrogens with zero attached hydrogens (tertiary/aromatic N) is 6. The zero-order valence-electron chi connectivity index (χ0n) is 21.3. The second-order valence-corrected chi connectivity index (χ2v) is 10.2. The van der Waals surface area contributed by atoms with Crippen molar-refractivity contribution in [3.05, 3.63) is 46.8 Å². The van der Waals surface area contributed by atoms with Gasteiger partial charge in [0.2, 0.25) is 5.92 Å². The molecule has 0 aromatic carbocycles. The number of hydrogen-bond donors (Lipinski definition) is 2. The summed E-state index contributed by atoms with van der Waals surface area (Å²) >= 11 is 0. The molecule has 38 heavy (non-hydrogen) atoms. The number of aromatic nitrogens is 3. The molecule has 2 aliphatic heterocycles. The quantitative estimate of drug-likeness (QED) is 0.371. The fraction of sp³-hybridized carbons (Fsp3) is 0.583. The molecule has 6 rings (SSSR count). The van der Waals surface area contributed by atoms with E-state index < -0.39 is 5.92 Å². The summed E-state index contributed by atoms with van der Waals surface area (Å²) in [5.74, 6) is -1.83. The molecule has 3 fully saturated rings. The van der Waals surface area contributed by atoms with E-state index in [1.165, 1.54) is 0 Å². The van der Waals surface area contributed by atoms with Gasteiger partial charge in [0.1, 0.15) is 0 Å². The van der Waals surface area contributed by atoms with Crippen LogP contribution in [0, 0.1) is 11.8 Å². The molecule has 2 aromatic heterocycles. The summed E-state index contributed by atoms with van der Waals surface area (Å²) in [6, 6.07) is 1.71. The summed E-state index contributed by atoms with van der Waals surface area (Å²) in [5, 5.41) is 8.21. The average Bonchev–Trinajstić information content (AvgIpc) is 3.48. The summed E-state index contributed by atoms with van der Waals surface area (Å²) in [5.41, 5.74) is 11.3. The van der Waals surface area contributed by atoms with Gasteiger partial charge in [-0.15, -0.1) is 0 Å². The van der Waals surface area contributed by atoms with Gasteiger partial charge in [0.05, 0.1) is 35.5 Å². The van der Waals surface area contributed by atoms with Crippen LogP contribution in [0.2, 0.25) is 0 Å². The van der Waals surface area contributed by atoms with Crippen LogP contribution >= 0.6 is 0 Å². The molecule has 1 unspecified atom stereocenters. The Kier molecular flexibility index (Phi) is 9.41. The Bertz CT molecular complexity index is 1190. The molecule has 4 aliphatic rings. The van der Waals surface area contributed by atoms with Crippen LogP contribution < -0.4 is 62.4 Å². The second-order valence-electron chi connectivity index (χ2n) is 10.2. The fourth-order valence-electron chi connectivity index (χ4n) is 5.21. The largest absolute Gasteiger partial charge is 1.00 e. The molecular formula is C24H30F3KN8O2. The van der Waals surface area contributed by atoms with Crippen LogP contribution in [0.25, 0.3) is 11.3 Å².